The Morgan fingerprint density at radius 2 is 1.09 bits per heavy atom. The molecule has 2 heterocycles. The fraction of sp³-hybridized carbons (Fsp3) is 0. The third-order valence-electron chi connectivity index (χ3n) is 8.37. The molecule has 7 rings (SSSR count). The zero-order chi connectivity index (χ0) is 39.9. The average molecular weight is 791 g/mol. The molecule has 0 aliphatic carbocycles. The molecule has 0 radical (unpaired) electrons. The molecule has 0 bridgehead atoms. The van der Waals surface area contributed by atoms with E-state index in [0.29, 0.717) is 54.8 Å². The molecule has 0 saturated carbocycles. The van der Waals surface area contributed by atoms with Crippen molar-refractivity contribution in [3.05, 3.63) is 172 Å². The summed E-state index contributed by atoms with van der Waals surface area (Å²) < 4.78 is 14.2. The molecule has 0 saturated heterocycles. The molecule has 7 aromatic rings. The maximum atomic E-state index is 14.2. The number of hydrogen-bond donors (Lipinski definition) is 3. The highest BCUT2D eigenvalue weighted by molar-refractivity contribution is 6.34. The predicted octanol–water partition coefficient (Wildman–Crippen LogP) is 9.61. The van der Waals surface area contributed by atoms with Crippen LogP contribution in [0.3, 0.4) is 0 Å². The maximum Gasteiger partial charge on any atom is 0.340 e. The van der Waals surface area contributed by atoms with Gasteiger partial charge in [0.15, 0.2) is 0 Å². The number of halogens is 3. The standard InChI is InChI=1S/C42H26Cl2FN11O/c43-35-7-3-1-5-31(35)33-23-49-41(51-28-15-9-25(21-46)10-16-28)53-37(33)39(55-56(40(48)57)30-19-13-27(45)14-20-30)38-34(32-6-2-4-8-36(32)44)24-50-42(54-38)52-29-17-11-26(22-47)12-18-29/h1-20,23-24H,(H2,48,57)(H,49,51,53)(H,50,52,54). The second kappa shape index (κ2) is 16.8. The van der Waals surface area contributed by atoms with Gasteiger partial charge in [-0.3, -0.25) is 0 Å². The Morgan fingerprint density at radius 3 is 1.49 bits per heavy atom. The van der Waals surface area contributed by atoms with Crippen molar-refractivity contribution in [2.24, 2.45) is 10.8 Å². The van der Waals surface area contributed by atoms with Crippen LogP contribution in [0.1, 0.15) is 22.5 Å². The number of anilines is 5. The minimum Gasteiger partial charge on any atom is -0.350 e. The number of hydrogen-bond acceptors (Lipinski definition) is 10. The molecular weight excluding hydrogens is 764 g/mol. The number of carbonyl (C=O) groups is 1. The lowest BCUT2D eigenvalue weighted by atomic mass is 9.97. The van der Waals surface area contributed by atoms with Gasteiger partial charge in [0.25, 0.3) is 0 Å². The van der Waals surface area contributed by atoms with Gasteiger partial charge in [-0.15, -0.1) is 0 Å². The Labute approximate surface area is 335 Å². The van der Waals surface area contributed by atoms with Crippen molar-refractivity contribution >= 4 is 63.9 Å². The van der Waals surface area contributed by atoms with Gasteiger partial charge in [-0.25, -0.2) is 29.1 Å². The van der Waals surface area contributed by atoms with Crippen molar-refractivity contribution in [1.29, 1.82) is 10.5 Å². The molecule has 0 atom stereocenters. The Bertz CT molecular complexity index is 2580. The highest BCUT2D eigenvalue weighted by atomic mass is 35.5. The molecule has 5 aromatic carbocycles. The molecule has 0 unspecified atom stereocenters. The van der Waals surface area contributed by atoms with E-state index in [9.17, 15) is 19.7 Å². The Balaban J connectivity index is 1.53. The first kappa shape index (κ1) is 37.6. The maximum absolute atomic E-state index is 14.2. The number of nitrogens with one attached hydrogen (secondary N) is 2. The summed E-state index contributed by atoms with van der Waals surface area (Å²) in [5.74, 6) is -0.331. The number of primary amides is 1. The number of rotatable bonds is 10. The predicted molar refractivity (Wildman–Crippen MR) is 218 cm³/mol. The van der Waals surface area contributed by atoms with Gasteiger partial charge in [-0.1, -0.05) is 59.6 Å². The third kappa shape index (κ3) is 8.51. The van der Waals surface area contributed by atoms with Gasteiger partial charge in [0.2, 0.25) is 11.9 Å². The van der Waals surface area contributed by atoms with E-state index in [1.807, 2.05) is 0 Å². The van der Waals surface area contributed by atoms with Crippen molar-refractivity contribution in [1.82, 2.24) is 19.9 Å². The summed E-state index contributed by atoms with van der Waals surface area (Å²) in [6.45, 7) is 0. The topological polar surface area (TPSA) is 182 Å². The van der Waals surface area contributed by atoms with Crippen molar-refractivity contribution in [2.75, 3.05) is 15.6 Å². The molecule has 2 aromatic heterocycles. The van der Waals surface area contributed by atoms with Gasteiger partial charge in [-0.2, -0.15) is 20.6 Å². The van der Waals surface area contributed by atoms with Gasteiger partial charge in [0.1, 0.15) is 22.9 Å². The van der Waals surface area contributed by atoms with Crippen molar-refractivity contribution < 1.29 is 9.18 Å². The molecular formula is C42H26Cl2FN11O. The van der Waals surface area contributed by atoms with E-state index in [-0.39, 0.29) is 34.7 Å². The van der Waals surface area contributed by atoms with Crippen LogP contribution in [0.25, 0.3) is 22.3 Å². The third-order valence-corrected chi connectivity index (χ3v) is 9.03. The number of nitriles is 2. The molecule has 2 amide bonds. The van der Waals surface area contributed by atoms with Crippen LogP contribution in [0.2, 0.25) is 10.0 Å². The number of urea groups is 1. The number of benzene rings is 5. The number of amides is 2. The summed E-state index contributed by atoms with van der Waals surface area (Å²) in [6, 6.07) is 35.6. The van der Waals surface area contributed by atoms with Crippen LogP contribution in [0.15, 0.2) is 139 Å². The molecule has 0 aliphatic heterocycles. The number of nitrogens with two attached hydrogens (primary N) is 1. The number of nitrogens with zero attached hydrogens (tertiary/aromatic N) is 8. The average Bonchev–Trinajstić information content (AvgIpc) is 3.23. The largest absolute Gasteiger partial charge is 0.350 e. The smallest absolute Gasteiger partial charge is 0.340 e. The summed E-state index contributed by atoms with van der Waals surface area (Å²) >= 11 is 13.6. The Hall–Kier alpha value is -7.71. The Kier molecular flexibility index (Phi) is 11.1. The van der Waals surface area contributed by atoms with Crippen LogP contribution < -0.4 is 21.4 Å². The van der Waals surface area contributed by atoms with Crippen LogP contribution in [-0.2, 0) is 0 Å². The van der Waals surface area contributed by atoms with Gasteiger partial charge in [-0.05, 0) is 84.9 Å². The number of carbonyl (C=O) groups excluding carboxylic acids is 1. The summed E-state index contributed by atoms with van der Waals surface area (Å²) in [6.07, 6.45) is 3.09. The van der Waals surface area contributed by atoms with E-state index in [4.69, 9.17) is 44.0 Å². The summed E-state index contributed by atoms with van der Waals surface area (Å²) in [7, 11) is 0. The van der Waals surface area contributed by atoms with E-state index in [2.05, 4.69) is 32.7 Å². The van der Waals surface area contributed by atoms with Crippen LogP contribution in [0.5, 0.6) is 0 Å². The molecule has 4 N–H and O–H groups in total. The van der Waals surface area contributed by atoms with E-state index in [1.54, 1.807) is 109 Å². The first-order valence-corrected chi connectivity index (χ1v) is 17.7. The molecule has 0 aliphatic rings. The van der Waals surface area contributed by atoms with Gasteiger partial charge in [0, 0.05) is 56.1 Å². The fourth-order valence-corrected chi connectivity index (χ4v) is 6.11. The van der Waals surface area contributed by atoms with E-state index < -0.39 is 11.8 Å². The van der Waals surface area contributed by atoms with Crippen LogP contribution in [0, 0.1) is 28.5 Å². The minimum atomic E-state index is -1.01. The fourth-order valence-electron chi connectivity index (χ4n) is 5.64. The zero-order valence-corrected chi connectivity index (χ0v) is 30.9. The highest BCUT2D eigenvalue weighted by Crippen LogP contribution is 2.36. The highest BCUT2D eigenvalue weighted by Gasteiger charge is 2.27. The van der Waals surface area contributed by atoms with Crippen LogP contribution in [-0.4, -0.2) is 31.7 Å². The summed E-state index contributed by atoms with van der Waals surface area (Å²) in [5, 5.41) is 31.4. The van der Waals surface area contributed by atoms with Crippen molar-refractivity contribution in [3.63, 3.8) is 0 Å². The summed E-state index contributed by atoms with van der Waals surface area (Å²) in [5.41, 5.74) is 10.2. The molecule has 0 fully saturated rings. The first-order chi connectivity index (χ1) is 27.7. The number of aromatic nitrogens is 4. The lowest BCUT2D eigenvalue weighted by molar-refractivity contribution is 0.254. The van der Waals surface area contributed by atoms with Crippen molar-refractivity contribution in [2.45, 2.75) is 0 Å². The normalized spacial score (nSPS) is 10.5. The van der Waals surface area contributed by atoms with E-state index >= 15 is 0 Å². The monoisotopic (exact) mass is 789 g/mol. The molecule has 15 heteroatoms. The second-order valence-corrected chi connectivity index (χ2v) is 12.9. The molecule has 0 spiro atoms. The summed E-state index contributed by atoms with van der Waals surface area (Å²) in [4.78, 5) is 32.4. The lowest BCUT2D eigenvalue weighted by Crippen LogP contribution is -2.33. The minimum absolute atomic E-state index is 0.0153. The van der Waals surface area contributed by atoms with E-state index in [0.717, 1.165) is 5.01 Å². The number of hydrazone groups is 1. The van der Waals surface area contributed by atoms with Crippen LogP contribution >= 0.6 is 23.2 Å². The second-order valence-electron chi connectivity index (χ2n) is 12.1. The van der Waals surface area contributed by atoms with Crippen molar-refractivity contribution in [3.8, 4) is 34.4 Å². The van der Waals surface area contributed by atoms with E-state index in [1.165, 1.54) is 24.3 Å². The molecule has 57 heavy (non-hydrogen) atoms. The zero-order valence-electron chi connectivity index (χ0n) is 29.4. The molecule has 12 nitrogen and oxygen atoms in total. The Morgan fingerprint density at radius 1 is 0.649 bits per heavy atom. The molecule has 276 valence electrons. The van der Waals surface area contributed by atoms with Gasteiger partial charge < -0.3 is 16.4 Å². The lowest BCUT2D eigenvalue weighted by Gasteiger charge is -2.21. The quantitative estimate of drug-likeness (QED) is 0.0897. The first-order valence-electron chi connectivity index (χ1n) is 16.9. The SMILES string of the molecule is N#Cc1ccc(Nc2ncc(-c3ccccc3Cl)c(C(=NN(C(N)=O)c3ccc(F)cc3)c3nc(Nc4ccc(C#N)cc4)ncc3-c3ccccc3Cl)n2)cc1. The van der Waals surface area contributed by atoms with Crippen LogP contribution in [0.4, 0.5) is 38.1 Å². The van der Waals surface area contributed by atoms with Gasteiger partial charge in [0.05, 0.1) is 29.0 Å². The van der Waals surface area contributed by atoms with Gasteiger partial charge >= 0.3 is 6.03 Å².